The number of hydrogen-bond acceptors (Lipinski definition) is 3. The summed E-state index contributed by atoms with van der Waals surface area (Å²) in [7, 11) is 0. The van der Waals surface area contributed by atoms with Crippen molar-refractivity contribution in [1.29, 1.82) is 0 Å². The molecule has 4 rings (SSSR count). The molecule has 0 bridgehead atoms. The number of fused-ring (bicyclic) bond motifs is 1. The number of rotatable bonds is 3. The van der Waals surface area contributed by atoms with Crippen LogP contribution in [-0.4, -0.2) is 32.0 Å². The van der Waals surface area contributed by atoms with Crippen LogP contribution in [0, 0.1) is 5.82 Å². The zero-order chi connectivity index (χ0) is 17.4. The van der Waals surface area contributed by atoms with Crippen molar-refractivity contribution in [2.24, 2.45) is 0 Å². The average Bonchev–Trinajstić information content (AvgIpc) is 2.94. The number of pyridine rings is 1. The van der Waals surface area contributed by atoms with E-state index in [9.17, 15) is 9.18 Å². The van der Waals surface area contributed by atoms with Crippen molar-refractivity contribution in [2.75, 3.05) is 13.1 Å². The van der Waals surface area contributed by atoms with E-state index in [4.69, 9.17) is 0 Å². The molecular weight excluding hydrogens is 432 g/mol. The van der Waals surface area contributed by atoms with Gasteiger partial charge in [0.25, 0.3) is 5.91 Å². The minimum Gasteiger partial charge on any atom is -0.328 e. The lowest BCUT2D eigenvalue weighted by Gasteiger charge is -2.21. The smallest absolute Gasteiger partial charge is 0.256 e. The Hall–Kier alpha value is -1.80. The summed E-state index contributed by atoms with van der Waals surface area (Å²) in [5.41, 5.74) is 4.04. The molecule has 6 heteroatoms. The molecule has 1 amide bonds. The molecule has 0 unspecified atom stereocenters. The fourth-order valence-electron chi connectivity index (χ4n) is 3.30. The number of carbonyl (C=O) groups excluding carboxylic acids is 1. The fraction of sp³-hybridized carbons (Fsp3) is 0.263. The normalized spacial score (nSPS) is 17.6. The second-order valence-electron chi connectivity index (χ2n) is 6.31. The molecule has 0 radical (unpaired) electrons. The summed E-state index contributed by atoms with van der Waals surface area (Å²) in [6.45, 7) is 2.56. The van der Waals surface area contributed by atoms with E-state index >= 15 is 0 Å². The first-order valence-electron chi connectivity index (χ1n) is 8.23. The molecule has 0 atom stereocenters. The van der Waals surface area contributed by atoms with Crippen LogP contribution in [0.4, 0.5) is 4.39 Å². The summed E-state index contributed by atoms with van der Waals surface area (Å²) in [6, 6.07) is 8.88. The predicted octanol–water partition coefficient (Wildman–Crippen LogP) is 3.82. The molecule has 0 aliphatic carbocycles. The van der Waals surface area contributed by atoms with Gasteiger partial charge in [-0.25, -0.2) is 7.50 Å². The SMILES string of the molecule is O=C1c2cccnc2CN1Cc1ccc(C2=CCN(I)CC2)cc1F. The topological polar surface area (TPSA) is 36.4 Å². The van der Waals surface area contributed by atoms with E-state index in [1.54, 1.807) is 35.4 Å². The van der Waals surface area contributed by atoms with Gasteiger partial charge in [-0.3, -0.25) is 9.78 Å². The molecular formula is C19H17FIN3O. The zero-order valence-electron chi connectivity index (χ0n) is 13.6. The summed E-state index contributed by atoms with van der Waals surface area (Å²) in [5.74, 6) is -0.337. The van der Waals surface area contributed by atoms with E-state index < -0.39 is 0 Å². The van der Waals surface area contributed by atoms with E-state index in [0.29, 0.717) is 17.7 Å². The first-order valence-corrected chi connectivity index (χ1v) is 9.20. The summed E-state index contributed by atoms with van der Waals surface area (Å²) >= 11 is 2.30. The van der Waals surface area contributed by atoms with Crippen LogP contribution in [0.25, 0.3) is 5.57 Å². The molecule has 4 nitrogen and oxygen atoms in total. The summed E-state index contributed by atoms with van der Waals surface area (Å²) in [4.78, 5) is 18.3. The van der Waals surface area contributed by atoms with Gasteiger partial charge in [0.2, 0.25) is 0 Å². The quantitative estimate of drug-likeness (QED) is 0.529. The molecule has 2 aliphatic rings. The minimum absolute atomic E-state index is 0.0799. The molecule has 128 valence electrons. The molecule has 2 aromatic rings. The number of amides is 1. The van der Waals surface area contributed by atoms with Crippen molar-refractivity contribution >= 4 is 34.3 Å². The van der Waals surface area contributed by atoms with E-state index in [2.05, 4.69) is 37.0 Å². The molecule has 0 spiro atoms. The third-order valence-electron chi connectivity index (χ3n) is 4.69. The Bertz CT molecular complexity index is 867. The van der Waals surface area contributed by atoms with Crippen LogP contribution >= 0.6 is 22.9 Å². The third-order valence-corrected chi connectivity index (χ3v) is 5.57. The van der Waals surface area contributed by atoms with Gasteiger partial charge in [0.15, 0.2) is 0 Å². The van der Waals surface area contributed by atoms with Gasteiger partial charge in [-0.2, -0.15) is 0 Å². The van der Waals surface area contributed by atoms with Gasteiger partial charge < -0.3 is 4.90 Å². The van der Waals surface area contributed by atoms with Gasteiger partial charge in [0.05, 0.1) is 17.8 Å². The highest BCUT2D eigenvalue weighted by atomic mass is 127. The van der Waals surface area contributed by atoms with E-state index in [-0.39, 0.29) is 18.3 Å². The van der Waals surface area contributed by atoms with Gasteiger partial charge in [-0.1, -0.05) is 18.2 Å². The van der Waals surface area contributed by atoms with Crippen LogP contribution in [0.15, 0.2) is 42.6 Å². The van der Waals surface area contributed by atoms with Crippen LogP contribution in [-0.2, 0) is 13.1 Å². The van der Waals surface area contributed by atoms with Gasteiger partial charge >= 0.3 is 0 Å². The van der Waals surface area contributed by atoms with Gasteiger partial charge in [0, 0.05) is 54.3 Å². The molecule has 0 N–H and O–H groups in total. The van der Waals surface area contributed by atoms with Crippen molar-refractivity contribution in [1.82, 2.24) is 13.0 Å². The van der Waals surface area contributed by atoms with Crippen molar-refractivity contribution < 1.29 is 9.18 Å². The number of nitrogens with zero attached hydrogens (tertiary/aromatic N) is 3. The van der Waals surface area contributed by atoms with E-state index in [0.717, 1.165) is 30.8 Å². The predicted molar refractivity (Wildman–Crippen MR) is 102 cm³/mol. The Labute approximate surface area is 159 Å². The molecule has 0 saturated carbocycles. The van der Waals surface area contributed by atoms with Crippen molar-refractivity contribution in [3.8, 4) is 0 Å². The number of benzene rings is 1. The van der Waals surface area contributed by atoms with Crippen molar-refractivity contribution in [3.05, 3.63) is 70.8 Å². The maximum atomic E-state index is 14.6. The van der Waals surface area contributed by atoms with Crippen LogP contribution in [0.5, 0.6) is 0 Å². The highest BCUT2D eigenvalue weighted by Crippen LogP contribution is 2.27. The number of aromatic nitrogens is 1. The average molecular weight is 449 g/mol. The maximum absolute atomic E-state index is 14.6. The second-order valence-corrected chi connectivity index (χ2v) is 7.68. The molecule has 1 aromatic heterocycles. The fourth-order valence-corrected chi connectivity index (χ4v) is 3.73. The standard InChI is InChI=1S/C19H17FIN3O/c20-17-10-14(13-5-8-24(21)9-6-13)3-4-15(17)11-23-12-18-16(19(23)25)2-1-7-22-18/h1-5,7,10H,6,8-9,11-12H2. The highest BCUT2D eigenvalue weighted by Gasteiger charge is 2.28. The van der Waals surface area contributed by atoms with Gasteiger partial charge in [-0.05, 0) is 35.8 Å². The molecule has 0 fully saturated rings. The molecule has 25 heavy (non-hydrogen) atoms. The van der Waals surface area contributed by atoms with Crippen LogP contribution in [0.2, 0.25) is 0 Å². The summed E-state index contributed by atoms with van der Waals surface area (Å²) in [6.07, 6.45) is 4.75. The van der Waals surface area contributed by atoms with Crippen molar-refractivity contribution in [2.45, 2.75) is 19.5 Å². The first-order chi connectivity index (χ1) is 12.1. The maximum Gasteiger partial charge on any atom is 0.256 e. The Morgan fingerprint density at radius 1 is 1.28 bits per heavy atom. The monoisotopic (exact) mass is 449 g/mol. The Kier molecular flexibility index (Phi) is 4.56. The Morgan fingerprint density at radius 3 is 2.88 bits per heavy atom. The second kappa shape index (κ2) is 6.84. The van der Waals surface area contributed by atoms with E-state index in [1.807, 2.05) is 6.07 Å². The lowest BCUT2D eigenvalue weighted by atomic mass is 9.98. The third kappa shape index (κ3) is 3.32. The molecule has 1 aromatic carbocycles. The number of carbonyl (C=O) groups is 1. The Balaban J connectivity index is 1.52. The summed E-state index contributed by atoms with van der Waals surface area (Å²) < 4.78 is 16.8. The summed E-state index contributed by atoms with van der Waals surface area (Å²) in [5, 5.41) is 0. The minimum atomic E-state index is -0.257. The largest absolute Gasteiger partial charge is 0.328 e. The van der Waals surface area contributed by atoms with Crippen LogP contribution in [0.1, 0.15) is 33.6 Å². The van der Waals surface area contributed by atoms with E-state index in [1.165, 1.54) is 5.57 Å². The highest BCUT2D eigenvalue weighted by molar-refractivity contribution is 14.1. The Morgan fingerprint density at radius 2 is 2.16 bits per heavy atom. The molecule has 2 aliphatic heterocycles. The first kappa shape index (κ1) is 16.7. The van der Waals surface area contributed by atoms with Gasteiger partial charge in [-0.15, -0.1) is 0 Å². The lowest BCUT2D eigenvalue weighted by Crippen LogP contribution is -2.24. The molecule has 3 heterocycles. The van der Waals surface area contributed by atoms with Crippen LogP contribution in [0.3, 0.4) is 0 Å². The number of hydrogen-bond donors (Lipinski definition) is 0. The van der Waals surface area contributed by atoms with Crippen molar-refractivity contribution in [3.63, 3.8) is 0 Å². The van der Waals surface area contributed by atoms with Crippen LogP contribution < -0.4 is 0 Å². The zero-order valence-corrected chi connectivity index (χ0v) is 15.7. The lowest BCUT2D eigenvalue weighted by molar-refractivity contribution is 0.0765. The molecule has 0 saturated heterocycles. The van der Waals surface area contributed by atoms with Gasteiger partial charge in [0.1, 0.15) is 5.82 Å². The number of halogens is 2.